The minimum atomic E-state index is -0.941. The molecule has 0 aliphatic rings. The second-order valence-corrected chi connectivity index (χ2v) is 3.25. The van der Waals surface area contributed by atoms with Crippen molar-refractivity contribution in [2.45, 2.75) is 13.8 Å². The van der Waals surface area contributed by atoms with E-state index in [4.69, 9.17) is 10.8 Å². The highest BCUT2D eigenvalue weighted by molar-refractivity contribution is 5.95. The number of aromatic carboxylic acids is 1. The van der Waals surface area contributed by atoms with Gasteiger partial charge in [-0.25, -0.2) is 4.79 Å². The van der Waals surface area contributed by atoms with Gasteiger partial charge in [0.05, 0.1) is 11.3 Å². The summed E-state index contributed by atoms with van der Waals surface area (Å²) in [5.74, 6) is -0.941. The van der Waals surface area contributed by atoms with Gasteiger partial charge < -0.3 is 15.7 Å². The summed E-state index contributed by atoms with van der Waals surface area (Å²) >= 11 is 0. The van der Waals surface area contributed by atoms with Gasteiger partial charge in [-0.2, -0.15) is 0 Å². The van der Waals surface area contributed by atoms with Crippen LogP contribution in [-0.4, -0.2) is 24.2 Å². The molecule has 0 aliphatic carbocycles. The van der Waals surface area contributed by atoms with E-state index in [1.165, 1.54) is 6.07 Å². The zero-order chi connectivity index (χ0) is 11.4. The molecule has 0 aromatic heterocycles. The van der Waals surface area contributed by atoms with E-state index in [1.54, 1.807) is 12.1 Å². The first-order chi connectivity index (χ1) is 7.10. The zero-order valence-electron chi connectivity index (χ0n) is 9.03. The Morgan fingerprint density at radius 3 is 2.47 bits per heavy atom. The second kappa shape index (κ2) is 4.68. The van der Waals surface area contributed by atoms with E-state index in [9.17, 15) is 4.79 Å². The van der Waals surface area contributed by atoms with Crippen LogP contribution in [0.1, 0.15) is 24.2 Å². The van der Waals surface area contributed by atoms with Crippen molar-refractivity contribution >= 4 is 17.3 Å². The van der Waals surface area contributed by atoms with Gasteiger partial charge in [-0.1, -0.05) is 0 Å². The lowest BCUT2D eigenvalue weighted by atomic mass is 10.1. The van der Waals surface area contributed by atoms with E-state index < -0.39 is 5.97 Å². The van der Waals surface area contributed by atoms with Crippen molar-refractivity contribution in [2.24, 2.45) is 0 Å². The van der Waals surface area contributed by atoms with Crippen LogP contribution in [-0.2, 0) is 0 Å². The number of hydrogen-bond acceptors (Lipinski definition) is 3. The maximum atomic E-state index is 11.0. The molecule has 82 valence electrons. The number of hydrogen-bond donors (Lipinski definition) is 2. The SMILES string of the molecule is CCN(CC)c1ccc(N)cc1C(=O)O. The van der Waals surface area contributed by atoms with Crippen LogP contribution in [0.15, 0.2) is 18.2 Å². The third kappa shape index (κ3) is 2.40. The van der Waals surface area contributed by atoms with Crippen LogP contribution in [0.2, 0.25) is 0 Å². The van der Waals surface area contributed by atoms with E-state index in [2.05, 4.69) is 0 Å². The van der Waals surface area contributed by atoms with Crippen molar-refractivity contribution < 1.29 is 9.90 Å². The number of nitrogens with zero attached hydrogens (tertiary/aromatic N) is 1. The maximum absolute atomic E-state index is 11.0. The molecular weight excluding hydrogens is 192 g/mol. The summed E-state index contributed by atoms with van der Waals surface area (Å²) in [6.07, 6.45) is 0. The summed E-state index contributed by atoms with van der Waals surface area (Å²) < 4.78 is 0. The fourth-order valence-corrected chi connectivity index (χ4v) is 1.57. The molecule has 0 heterocycles. The molecule has 3 N–H and O–H groups in total. The molecule has 0 saturated carbocycles. The average Bonchev–Trinajstić information content (AvgIpc) is 2.21. The highest BCUT2D eigenvalue weighted by Crippen LogP contribution is 2.22. The predicted molar refractivity (Wildman–Crippen MR) is 61.4 cm³/mol. The van der Waals surface area contributed by atoms with Gasteiger partial charge in [0.2, 0.25) is 0 Å². The molecule has 0 saturated heterocycles. The molecule has 0 bridgehead atoms. The highest BCUT2D eigenvalue weighted by atomic mass is 16.4. The number of nitrogens with two attached hydrogens (primary N) is 1. The van der Waals surface area contributed by atoms with Crippen molar-refractivity contribution in [3.8, 4) is 0 Å². The van der Waals surface area contributed by atoms with Crippen LogP contribution in [0.3, 0.4) is 0 Å². The van der Waals surface area contributed by atoms with E-state index in [-0.39, 0.29) is 5.56 Å². The van der Waals surface area contributed by atoms with Crippen LogP contribution in [0.5, 0.6) is 0 Å². The second-order valence-electron chi connectivity index (χ2n) is 3.25. The molecule has 1 aromatic carbocycles. The minimum absolute atomic E-state index is 0.263. The molecule has 4 nitrogen and oxygen atoms in total. The summed E-state index contributed by atoms with van der Waals surface area (Å²) in [5.41, 5.74) is 7.03. The quantitative estimate of drug-likeness (QED) is 0.740. The van der Waals surface area contributed by atoms with E-state index in [0.717, 1.165) is 18.8 Å². The number of anilines is 2. The Balaban J connectivity index is 3.21. The molecule has 1 rings (SSSR count). The predicted octanol–water partition coefficient (Wildman–Crippen LogP) is 1.81. The Hall–Kier alpha value is -1.71. The van der Waals surface area contributed by atoms with Crippen LogP contribution < -0.4 is 10.6 Å². The van der Waals surface area contributed by atoms with Crippen LogP contribution in [0.25, 0.3) is 0 Å². The molecular formula is C11H16N2O2. The molecule has 0 atom stereocenters. The number of rotatable bonds is 4. The Morgan fingerprint density at radius 2 is 2.00 bits per heavy atom. The monoisotopic (exact) mass is 208 g/mol. The van der Waals surface area contributed by atoms with Gasteiger partial charge in [-0.05, 0) is 32.0 Å². The minimum Gasteiger partial charge on any atom is -0.478 e. The Kier molecular flexibility index (Phi) is 3.55. The first-order valence-corrected chi connectivity index (χ1v) is 4.97. The summed E-state index contributed by atoms with van der Waals surface area (Å²) in [6, 6.07) is 4.97. The van der Waals surface area contributed by atoms with Crippen molar-refractivity contribution in [2.75, 3.05) is 23.7 Å². The first-order valence-electron chi connectivity index (χ1n) is 4.97. The molecule has 4 heteroatoms. The highest BCUT2D eigenvalue weighted by Gasteiger charge is 2.13. The van der Waals surface area contributed by atoms with E-state index in [0.29, 0.717) is 5.69 Å². The van der Waals surface area contributed by atoms with E-state index in [1.807, 2.05) is 18.7 Å². The fraction of sp³-hybridized carbons (Fsp3) is 0.364. The van der Waals surface area contributed by atoms with Gasteiger partial charge in [-0.3, -0.25) is 0 Å². The lowest BCUT2D eigenvalue weighted by Gasteiger charge is -2.22. The standard InChI is InChI=1S/C11H16N2O2/c1-3-13(4-2)10-6-5-8(12)7-9(10)11(14)15/h5-7H,3-4,12H2,1-2H3,(H,14,15). The number of carboxylic acids is 1. The van der Waals surface area contributed by atoms with Gasteiger partial charge in [0.25, 0.3) is 0 Å². The summed E-state index contributed by atoms with van der Waals surface area (Å²) in [5, 5.41) is 9.05. The van der Waals surface area contributed by atoms with Crippen molar-refractivity contribution in [1.29, 1.82) is 0 Å². The van der Waals surface area contributed by atoms with E-state index >= 15 is 0 Å². The van der Waals surface area contributed by atoms with Crippen LogP contribution >= 0.6 is 0 Å². The van der Waals surface area contributed by atoms with Gasteiger partial charge in [-0.15, -0.1) is 0 Å². The third-order valence-corrected chi connectivity index (χ3v) is 2.36. The van der Waals surface area contributed by atoms with Gasteiger partial charge in [0.15, 0.2) is 0 Å². The fourth-order valence-electron chi connectivity index (χ4n) is 1.57. The molecule has 1 aromatic rings. The van der Waals surface area contributed by atoms with Gasteiger partial charge in [0, 0.05) is 18.8 Å². The smallest absolute Gasteiger partial charge is 0.337 e. The molecule has 0 unspecified atom stereocenters. The van der Waals surface area contributed by atoms with Crippen molar-refractivity contribution in [1.82, 2.24) is 0 Å². The lowest BCUT2D eigenvalue weighted by Crippen LogP contribution is -2.24. The number of carbonyl (C=O) groups is 1. The Bertz CT molecular complexity index is 360. The molecule has 0 spiro atoms. The molecule has 0 amide bonds. The normalized spacial score (nSPS) is 10.0. The lowest BCUT2D eigenvalue weighted by molar-refractivity contribution is 0.0697. The van der Waals surface area contributed by atoms with Crippen molar-refractivity contribution in [3.63, 3.8) is 0 Å². The topological polar surface area (TPSA) is 66.6 Å². The van der Waals surface area contributed by atoms with Crippen molar-refractivity contribution in [3.05, 3.63) is 23.8 Å². The first kappa shape index (κ1) is 11.4. The third-order valence-electron chi connectivity index (χ3n) is 2.36. The molecule has 15 heavy (non-hydrogen) atoms. The maximum Gasteiger partial charge on any atom is 0.337 e. The Labute approximate surface area is 89.3 Å². The molecule has 0 fully saturated rings. The zero-order valence-corrected chi connectivity index (χ0v) is 9.03. The van der Waals surface area contributed by atoms with Gasteiger partial charge >= 0.3 is 5.97 Å². The summed E-state index contributed by atoms with van der Waals surface area (Å²) in [6.45, 7) is 5.54. The average molecular weight is 208 g/mol. The summed E-state index contributed by atoms with van der Waals surface area (Å²) in [4.78, 5) is 13.0. The number of carboxylic acid groups (broad SMARTS) is 1. The molecule has 0 radical (unpaired) electrons. The number of benzene rings is 1. The van der Waals surface area contributed by atoms with Crippen LogP contribution in [0, 0.1) is 0 Å². The number of nitrogen functional groups attached to an aromatic ring is 1. The largest absolute Gasteiger partial charge is 0.478 e. The summed E-state index contributed by atoms with van der Waals surface area (Å²) in [7, 11) is 0. The van der Waals surface area contributed by atoms with Crippen LogP contribution in [0.4, 0.5) is 11.4 Å². The Morgan fingerprint density at radius 1 is 1.40 bits per heavy atom. The van der Waals surface area contributed by atoms with Gasteiger partial charge in [0.1, 0.15) is 0 Å². The molecule has 0 aliphatic heterocycles.